The van der Waals surface area contributed by atoms with Gasteiger partial charge in [-0.2, -0.15) is 0 Å². The molecule has 0 amide bonds. The van der Waals surface area contributed by atoms with Crippen molar-refractivity contribution in [2.75, 3.05) is 40.3 Å². The molecule has 0 radical (unpaired) electrons. The van der Waals surface area contributed by atoms with E-state index >= 15 is 0 Å². The first kappa shape index (κ1) is 15.4. The van der Waals surface area contributed by atoms with E-state index in [0.717, 1.165) is 12.5 Å². The van der Waals surface area contributed by atoms with E-state index in [9.17, 15) is 4.79 Å². The van der Waals surface area contributed by atoms with Crippen molar-refractivity contribution in [2.24, 2.45) is 5.92 Å². The second-order valence-corrected chi connectivity index (χ2v) is 5.54. The van der Waals surface area contributed by atoms with Crippen molar-refractivity contribution in [3.63, 3.8) is 0 Å². The highest BCUT2D eigenvalue weighted by Gasteiger charge is 2.21. The predicted octanol–water partition coefficient (Wildman–Crippen LogP) is 1.60. The van der Waals surface area contributed by atoms with Crippen molar-refractivity contribution in [1.82, 2.24) is 9.80 Å². The molecule has 0 bridgehead atoms. The Morgan fingerprint density at radius 3 is 2.61 bits per heavy atom. The smallest absolute Gasteiger partial charge is 0.307 e. The van der Waals surface area contributed by atoms with Crippen molar-refractivity contribution < 1.29 is 9.53 Å². The van der Waals surface area contributed by atoms with Gasteiger partial charge < -0.3 is 14.5 Å². The highest BCUT2D eigenvalue weighted by molar-refractivity contribution is 5.69. The van der Waals surface area contributed by atoms with Crippen molar-refractivity contribution >= 4 is 5.97 Å². The highest BCUT2D eigenvalue weighted by Crippen LogP contribution is 2.18. The van der Waals surface area contributed by atoms with E-state index in [1.807, 2.05) is 6.92 Å². The second kappa shape index (κ2) is 7.74. The lowest BCUT2D eigenvalue weighted by molar-refractivity contribution is -0.144. The summed E-state index contributed by atoms with van der Waals surface area (Å²) in [7, 11) is 4.30. The average molecular weight is 256 g/mol. The summed E-state index contributed by atoms with van der Waals surface area (Å²) in [6.07, 6.45) is 3.04. The van der Waals surface area contributed by atoms with Crippen LogP contribution >= 0.6 is 0 Å². The molecule has 1 heterocycles. The van der Waals surface area contributed by atoms with Gasteiger partial charge in [0.15, 0.2) is 0 Å². The van der Waals surface area contributed by atoms with E-state index in [-0.39, 0.29) is 12.0 Å². The van der Waals surface area contributed by atoms with Crippen molar-refractivity contribution in [1.29, 1.82) is 0 Å². The SMILES string of the molecule is CCOC(=O)CC(C)N(C)CC1CCN(C)CC1. The van der Waals surface area contributed by atoms with E-state index in [4.69, 9.17) is 4.74 Å². The van der Waals surface area contributed by atoms with Crippen LogP contribution in [0.5, 0.6) is 0 Å². The number of nitrogens with zero attached hydrogens (tertiary/aromatic N) is 2. The highest BCUT2D eigenvalue weighted by atomic mass is 16.5. The number of carbonyl (C=O) groups excluding carboxylic acids is 1. The summed E-state index contributed by atoms with van der Waals surface area (Å²) in [5.41, 5.74) is 0. The fraction of sp³-hybridized carbons (Fsp3) is 0.929. The van der Waals surface area contributed by atoms with Crippen LogP contribution in [0.4, 0.5) is 0 Å². The first-order valence-electron chi connectivity index (χ1n) is 7.07. The Kier molecular flexibility index (Phi) is 6.65. The minimum Gasteiger partial charge on any atom is -0.466 e. The van der Waals surface area contributed by atoms with Crippen LogP contribution in [0.2, 0.25) is 0 Å². The molecule has 0 saturated carbocycles. The molecule has 1 aliphatic rings. The third-order valence-electron chi connectivity index (χ3n) is 3.90. The van der Waals surface area contributed by atoms with Crippen LogP contribution in [0.3, 0.4) is 0 Å². The van der Waals surface area contributed by atoms with Gasteiger partial charge >= 0.3 is 5.97 Å². The molecular weight excluding hydrogens is 228 g/mol. The fourth-order valence-electron chi connectivity index (χ4n) is 2.45. The number of rotatable bonds is 6. The number of ether oxygens (including phenoxy) is 1. The first-order valence-corrected chi connectivity index (χ1v) is 7.07. The van der Waals surface area contributed by atoms with Gasteiger partial charge in [-0.05, 0) is 59.8 Å². The van der Waals surface area contributed by atoms with Crippen LogP contribution in [-0.4, -0.2) is 62.1 Å². The number of likely N-dealkylation sites (tertiary alicyclic amines) is 1. The molecule has 1 rings (SSSR count). The molecule has 0 spiro atoms. The summed E-state index contributed by atoms with van der Waals surface area (Å²) >= 11 is 0. The van der Waals surface area contributed by atoms with Gasteiger partial charge in [0.1, 0.15) is 0 Å². The van der Waals surface area contributed by atoms with E-state index in [1.165, 1.54) is 25.9 Å². The van der Waals surface area contributed by atoms with E-state index in [1.54, 1.807) is 0 Å². The normalized spacial score (nSPS) is 20.1. The lowest BCUT2D eigenvalue weighted by Crippen LogP contribution is -2.39. The average Bonchev–Trinajstić information content (AvgIpc) is 2.32. The number of hydrogen-bond acceptors (Lipinski definition) is 4. The quantitative estimate of drug-likeness (QED) is 0.676. The van der Waals surface area contributed by atoms with Crippen LogP contribution in [0, 0.1) is 5.92 Å². The van der Waals surface area contributed by atoms with E-state index < -0.39 is 0 Å². The van der Waals surface area contributed by atoms with Gasteiger partial charge in [-0.25, -0.2) is 0 Å². The molecule has 1 atom stereocenters. The zero-order valence-electron chi connectivity index (χ0n) is 12.3. The van der Waals surface area contributed by atoms with Gasteiger partial charge in [-0.1, -0.05) is 0 Å². The first-order chi connectivity index (χ1) is 8.52. The molecule has 106 valence electrons. The molecular formula is C14H28N2O2. The summed E-state index contributed by atoms with van der Waals surface area (Å²) < 4.78 is 4.99. The standard InChI is InChI=1S/C14H28N2O2/c1-5-18-14(17)10-12(2)16(4)11-13-6-8-15(3)9-7-13/h12-13H,5-11H2,1-4H3. The molecule has 0 aliphatic carbocycles. The van der Waals surface area contributed by atoms with Gasteiger partial charge in [-0.15, -0.1) is 0 Å². The van der Waals surface area contributed by atoms with Gasteiger partial charge in [0.2, 0.25) is 0 Å². The molecule has 1 fully saturated rings. The maximum atomic E-state index is 11.4. The number of piperidine rings is 1. The largest absolute Gasteiger partial charge is 0.466 e. The Morgan fingerprint density at radius 2 is 2.06 bits per heavy atom. The van der Waals surface area contributed by atoms with E-state index in [2.05, 4.69) is 30.8 Å². The molecule has 0 aromatic carbocycles. The second-order valence-electron chi connectivity index (χ2n) is 5.54. The van der Waals surface area contributed by atoms with Crippen LogP contribution in [-0.2, 0) is 9.53 Å². The van der Waals surface area contributed by atoms with Crippen LogP contribution in [0.25, 0.3) is 0 Å². The van der Waals surface area contributed by atoms with Crippen LogP contribution in [0.15, 0.2) is 0 Å². The monoisotopic (exact) mass is 256 g/mol. The van der Waals surface area contributed by atoms with Gasteiger partial charge in [0.05, 0.1) is 13.0 Å². The zero-order valence-corrected chi connectivity index (χ0v) is 12.3. The minimum atomic E-state index is -0.0831. The summed E-state index contributed by atoms with van der Waals surface area (Å²) in [6.45, 7) is 7.92. The van der Waals surface area contributed by atoms with E-state index in [0.29, 0.717) is 13.0 Å². The number of esters is 1. The van der Waals surface area contributed by atoms with Gasteiger partial charge in [0, 0.05) is 12.6 Å². The van der Waals surface area contributed by atoms with Crippen LogP contribution in [0.1, 0.15) is 33.1 Å². The lowest BCUT2D eigenvalue weighted by Gasteiger charge is -2.33. The zero-order chi connectivity index (χ0) is 13.5. The Hall–Kier alpha value is -0.610. The number of hydrogen-bond donors (Lipinski definition) is 0. The molecule has 0 N–H and O–H groups in total. The molecule has 0 aromatic rings. The summed E-state index contributed by atoms with van der Waals surface area (Å²) in [6, 6.07) is 0.267. The predicted molar refractivity (Wildman–Crippen MR) is 73.6 cm³/mol. The Balaban J connectivity index is 2.26. The summed E-state index contributed by atoms with van der Waals surface area (Å²) in [5, 5.41) is 0. The maximum Gasteiger partial charge on any atom is 0.307 e. The molecule has 4 nitrogen and oxygen atoms in total. The minimum absolute atomic E-state index is 0.0831. The Morgan fingerprint density at radius 1 is 1.44 bits per heavy atom. The number of carbonyl (C=O) groups is 1. The van der Waals surface area contributed by atoms with Gasteiger partial charge in [-0.3, -0.25) is 4.79 Å². The molecule has 18 heavy (non-hydrogen) atoms. The van der Waals surface area contributed by atoms with Gasteiger partial charge in [0.25, 0.3) is 0 Å². The molecule has 4 heteroatoms. The third kappa shape index (κ3) is 5.36. The maximum absolute atomic E-state index is 11.4. The molecule has 1 saturated heterocycles. The Bertz CT molecular complexity index is 250. The van der Waals surface area contributed by atoms with Crippen molar-refractivity contribution in [3.05, 3.63) is 0 Å². The van der Waals surface area contributed by atoms with Crippen molar-refractivity contribution in [3.8, 4) is 0 Å². The molecule has 1 aliphatic heterocycles. The Labute approximate surface area is 111 Å². The topological polar surface area (TPSA) is 32.8 Å². The lowest BCUT2D eigenvalue weighted by atomic mass is 9.96. The van der Waals surface area contributed by atoms with Crippen LogP contribution < -0.4 is 0 Å². The summed E-state index contributed by atoms with van der Waals surface area (Å²) in [5.74, 6) is 0.691. The molecule has 1 unspecified atom stereocenters. The summed E-state index contributed by atoms with van der Waals surface area (Å²) in [4.78, 5) is 16.1. The third-order valence-corrected chi connectivity index (χ3v) is 3.90. The van der Waals surface area contributed by atoms with Crippen molar-refractivity contribution in [2.45, 2.75) is 39.2 Å². The fourth-order valence-corrected chi connectivity index (χ4v) is 2.45. The molecule has 0 aromatic heterocycles.